The Bertz CT molecular complexity index is 508. The summed E-state index contributed by atoms with van der Waals surface area (Å²) in [6.45, 7) is 8.00. The summed E-state index contributed by atoms with van der Waals surface area (Å²) in [5.74, 6) is -0.765. The number of carbonyl (C=O) groups is 2. The molecule has 0 radical (unpaired) electrons. The van der Waals surface area contributed by atoms with Crippen molar-refractivity contribution in [2.45, 2.75) is 52.8 Å². The summed E-state index contributed by atoms with van der Waals surface area (Å²) in [6.07, 6.45) is 0.557. The zero-order valence-electron chi connectivity index (χ0n) is 14.6. The predicted octanol–water partition coefficient (Wildman–Crippen LogP) is 2.69. The van der Waals surface area contributed by atoms with Crippen LogP contribution in [-0.2, 0) is 25.7 Å². The number of nitrogens with one attached hydrogen (secondary N) is 1. The third kappa shape index (κ3) is 7.28. The van der Waals surface area contributed by atoms with Crippen LogP contribution in [-0.4, -0.2) is 31.1 Å². The Morgan fingerprint density at radius 1 is 1.13 bits per heavy atom. The van der Waals surface area contributed by atoms with E-state index in [9.17, 15) is 9.59 Å². The van der Waals surface area contributed by atoms with Gasteiger partial charge in [0.1, 0.15) is 18.7 Å². The minimum atomic E-state index is -0.573. The van der Waals surface area contributed by atoms with E-state index in [1.807, 2.05) is 51.1 Å². The van der Waals surface area contributed by atoms with Crippen LogP contribution in [0.2, 0.25) is 0 Å². The van der Waals surface area contributed by atoms with Crippen LogP contribution in [0.15, 0.2) is 30.3 Å². The van der Waals surface area contributed by atoms with Crippen molar-refractivity contribution in [2.24, 2.45) is 5.41 Å². The molecule has 1 aromatic rings. The van der Waals surface area contributed by atoms with E-state index in [0.29, 0.717) is 6.42 Å². The summed E-state index contributed by atoms with van der Waals surface area (Å²) in [4.78, 5) is 24.0. The zero-order chi connectivity index (χ0) is 17.5. The first-order chi connectivity index (χ1) is 10.7. The number of rotatable bonds is 7. The first kappa shape index (κ1) is 19.2. The Hall–Kier alpha value is -1.88. The molecule has 5 nitrogen and oxygen atoms in total. The van der Waals surface area contributed by atoms with E-state index in [4.69, 9.17) is 9.47 Å². The van der Waals surface area contributed by atoms with Crippen LogP contribution >= 0.6 is 0 Å². The highest BCUT2D eigenvalue weighted by Crippen LogP contribution is 2.22. The SMILES string of the molecule is COC(=O)[C@@H](C)N[C@H](CC(C)(C)C)C(=O)OCc1ccccc1. The molecule has 1 aromatic carbocycles. The molecule has 0 aliphatic heterocycles. The number of hydrogen-bond donors (Lipinski definition) is 1. The summed E-state index contributed by atoms with van der Waals surface area (Å²) in [5.41, 5.74) is 0.843. The van der Waals surface area contributed by atoms with Crippen molar-refractivity contribution >= 4 is 11.9 Å². The molecule has 1 N–H and O–H groups in total. The Morgan fingerprint density at radius 2 is 1.74 bits per heavy atom. The Labute approximate surface area is 138 Å². The lowest BCUT2D eigenvalue weighted by Crippen LogP contribution is -2.48. The van der Waals surface area contributed by atoms with Crippen LogP contribution in [0.25, 0.3) is 0 Å². The average Bonchev–Trinajstić information content (AvgIpc) is 2.50. The van der Waals surface area contributed by atoms with E-state index >= 15 is 0 Å². The lowest BCUT2D eigenvalue weighted by molar-refractivity contribution is -0.150. The van der Waals surface area contributed by atoms with Crippen molar-refractivity contribution in [2.75, 3.05) is 7.11 Å². The fourth-order valence-corrected chi connectivity index (χ4v) is 2.20. The summed E-state index contributed by atoms with van der Waals surface area (Å²) >= 11 is 0. The van der Waals surface area contributed by atoms with Gasteiger partial charge in [0.2, 0.25) is 0 Å². The summed E-state index contributed by atoms with van der Waals surface area (Å²) < 4.78 is 10.1. The Morgan fingerprint density at radius 3 is 2.26 bits per heavy atom. The van der Waals surface area contributed by atoms with Crippen molar-refractivity contribution in [3.05, 3.63) is 35.9 Å². The second-order valence-corrected chi connectivity index (χ2v) is 6.82. The molecule has 0 unspecified atom stereocenters. The number of benzene rings is 1. The summed E-state index contributed by atoms with van der Waals surface area (Å²) in [6, 6.07) is 8.37. The molecule has 0 bridgehead atoms. The monoisotopic (exact) mass is 321 g/mol. The smallest absolute Gasteiger partial charge is 0.323 e. The Balaban J connectivity index is 2.70. The van der Waals surface area contributed by atoms with E-state index in [2.05, 4.69) is 5.32 Å². The normalized spacial score (nSPS) is 14.0. The zero-order valence-corrected chi connectivity index (χ0v) is 14.6. The second kappa shape index (κ2) is 8.67. The maximum Gasteiger partial charge on any atom is 0.323 e. The molecule has 2 atom stereocenters. The first-order valence-electron chi connectivity index (χ1n) is 7.77. The predicted molar refractivity (Wildman–Crippen MR) is 88.7 cm³/mol. The van der Waals surface area contributed by atoms with Crippen molar-refractivity contribution in [1.29, 1.82) is 0 Å². The average molecular weight is 321 g/mol. The van der Waals surface area contributed by atoms with Crippen LogP contribution in [0.3, 0.4) is 0 Å². The molecule has 5 heteroatoms. The van der Waals surface area contributed by atoms with Crippen LogP contribution in [0, 0.1) is 5.41 Å². The molecule has 128 valence electrons. The minimum absolute atomic E-state index is 0.0841. The minimum Gasteiger partial charge on any atom is -0.468 e. The third-order valence-electron chi connectivity index (χ3n) is 3.33. The van der Waals surface area contributed by atoms with Crippen molar-refractivity contribution in [3.8, 4) is 0 Å². The molecule has 0 fully saturated rings. The highest BCUT2D eigenvalue weighted by atomic mass is 16.5. The van der Waals surface area contributed by atoms with Crippen molar-refractivity contribution in [3.63, 3.8) is 0 Å². The maximum atomic E-state index is 12.4. The largest absolute Gasteiger partial charge is 0.468 e. The highest BCUT2D eigenvalue weighted by Gasteiger charge is 2.29. The molecule has 0 spiro atoms. The van der Waals surface area contributed by atoms with Gasteiger partial charge in [-0.25, -0.2) is 0 Å². The molecule has 0 saturated heterocycles. The third-order valence-corrected chi connectivity index (χ3v) is 3.33. The van der Waals surface area contributed by atoms with Gasteiger partial charge in [0.25, 0.3) is 0 Å². The topological polar surface area (TPSA) is 64.6 Å². The van der Waals surface area contributed by atoms with Crippen LogP contribution in [0.5, 0.6) is 0 Å². The fourth-order valence-electron chi connectivity index (χ4n) is 2.20. The van der Waals surface area contributed by atoms with Gasteiger partial charge in [-0.05, 0) is 24.3 Å². The first-order valence-corrected chi connectivity index (χ1v) is 7.77. The lowest BCUT2D eigenvalue weighted by atomic mass is 9.88. The van der Waals surface area contributed by atoms with Crippen LogP contribution in [0.1, 0.15) is 39.7 Å². The van der Waals surface area contributed by atoms with Gasteiger partial charge in [-0.1, -0.05) is 51.1 Å². The summed E-state index contributed by atoms with van der Waals surface area (Å²) in [5, 5.41) is 3.01. The standard InChI is InChI=1S/C18H27NO4/c1-13(16(20)22-5)19-15(11-18(2,3)4)17(21)23-12-14-9-7-6-8-10-14/h6-10,13,15,19H,11-12H2,1-5H3/t13-,15-/m1/s1. The number of ether oxygens (including phenoxy) is 2. The number of methoxy groups -OCH3 is 1. The van der Waals surface area contributed by atoms with Crippen LogP contribution in [0.4, 0.5) is 0 Å². The molecule has 0 saturated carbocycles. The van der Waals surface area contributed by atoms with Gasteiger partial charge in [0, 0.05) is 0 Å². The van der Waals surface area contributed by atoms with Crippen LogP contribution < -0.4 is 5.32 Å². The van der Waals surface area contributed by atoms with E-state index in [1.54, 1.807) is 6.92 Å². The van der Waals surface area contributed by atoms with Gasteiger partial charge in [-0.3, -0.25) is 14.9 Å². The second-order valence-electron chi connectivity index (χ2n) is 6.82. The van der Waals surface area contributed by atoms with Gasteiger partial charge < -0.3 is 9.47 Å². The quantitative estimate of drug-likeness (QED) is 0.782. The molecule has 23 heavy (non-hydrogen) atoms. The van der Waals surface area contributed by atoms with E-state index in [1.165, 1.54) is 7.11 Å². The van der Waals surface area contributed by atoms with Gasteiger partial charge in [0.15, 0.2) is 0 Å². The van der Waals surface area contributed by atoms with Crippen molar-refractivity contribution < 1.29 is 19.1 Å². The molecule has 0 aromatic heterocycles. The number of hydrogen-bond acceptors (Lipinski definition) is 5. The van der Waals surface area contributed by atoms with Crippen molar-refractivity contribution in [1.82, 2.24) is 5.32 Å². The molecule has 0 amide bonds. The van der Waals surface area contributed by atoms with E-state index in [-0.39, 0.29) is 18.0 Å². The number of carbonyl (C=O) groups excluding carboxylic acids is 2. The molecule has 0 aliphatic rings. The fraction of sp³-hybridized carbons (Fsp3) is 0.556. The Kier molecular flexibility index (Phi) is 7.23. The van der Waals surface area contributed by atoms with Gasteiger partial charge >= 0.3 is 11.9 Å². The summed E-state index contributed by atoms with van der Waals surface area (Å²) in [7, 11) is 1.33. The van der Waals surface area contributed by atoms with Gasteiger partial charge in [-0.2, -0.15) is 0 Å². The molecule has 0 aliphatic carbocycles. The number of esters is 2. The maximum absolute atomic E-state index is 12.4. The van der Waals surface area contributed by atoms with Gasteiger partial charge in [-0.15, -0.1) is 0 Å². The molecule has 1 rings (SSSR count). The van der Waals surface area contributed by atoms with E-state index in [0.717, 1.165) is 5.56 Å². The van der Waals surface area contributed by atoms with E-state index < -0.39 is 18.1 Å². The molecular weight excluding hydrogens is 294 g/mol. The van der Waals surface area contributed by atoms with Gasteiger partial charge in [0.05, 0.1) is 7.11 Å². The lowest BCUT2D eigenvalue weighted by Gasteiger charge is -2.27. The molecular formula is C18H27NO4. The molecule has 0 heterocycles. The highest BCUT2D eigenvalue weighted by molar-refractivity contribution is 5.79.